The standard InChI is InChI=1S/C17H29NOS/c1-14(20-16-10-6-3-7-11-16)17(19)18-13-12-15-8-4-2-5-9-15/h8,14,16H,2-7,9-13H2,1H3,(H,18,19). The van der Waals surface area contributed by atoms with E-state index in [2.05, 4.69) is 18.3 Å². The number of hydrogen-bond donors (Lipinski definition) is 1. The van der Waals surface area contributed by atoms with Crippen molar-refractivity contribution in [3.05, 3.63) is 11.6 Å². The monoisotopic (exact) mass is 295 g/mol. The summed E-state index contributed by atoms with van der Waals surface area (Å²) in [5.74, 6) is 0.233. The minimum Gasteiger partial charge on any atom is -0.355 e. The second-order valence-electron chi connectivity index (χ2n) is 6.19. The quantitative estimate of drug-likeness (QED) is 0.734. The molecule has 1 amide bonds. The maximum Gasteiger partial charge on any atom is 0.232 e. The summed E-state index contributed by atoms with van der Waals surface area (Å²) >= 11 is 1.89. The number of rotatable bonds is 6. The average Bonchev–Trinajstić information content (AvgIpc) is 2.49. The zero-order valence-corrected chi connectivity index (χ0v) is 13.6. The summed E-state index contributed by atoms with van der Waals surface area (Å²) < 4.78 is 0. The van der Waals surface area contributed by atoms with Crippen molar-refractivity contribution in [2.24, 2.45) is 0 Å². The van der Waals surface area contributed by atoms with E-state index in [9.17, 15) is 4.79 Å². The van der Waals surface area contributed by atoms with Gasteiger partial charge in [-0.05, 0) is 51.9 Å². The maximum atomic E-state index is 12.1. The van der Waals surface area contributed by atoms with Crippen molar-refractivity contribution in [3.63, 3.8) is 0 Å². The van der Waals surface area contributed by atoms with Crippen LogP contribution in [0, 0.1) is 0 Å². The Hall–Kier alpha value is -0.440. The summed E-state index contributed by atoms with van der Waals surface area (Å²) in [6.07, 6.45) is 15.2. The predicted molar refractivity (Wildman–Crippen MR) is 88.1 cm³/mol. The molecule has 3 heteroatoms. The molecule has 0 aliphatic heterocycles. The first kappa shape index (κ1) is 15.9. The summed E-state index contributed by atoms with van der Waals surface area (Å²) in [5, 5.41) is 3.94. The van der Waals surface area contributed by atoms with Crippen molar-refractivity contribution in [2.75, 3.05) is 6.54 Å². The third-order valence-electron chi connectivity index (χ3n) is 4.45. The van der Waals surface area contributed by atoms with Gasteiger partial charge >= 0.3 is 0 Å². The molecule has 0 aromatic heterocycles. The predicted octanol–water partition coefficient (Wildman–Crippen LogP) is 4.45. The third kappa shape index (κ3) is 5.51. The summed E-state index contributed by atoms with van der Waals surface area (Å²) in [6.45, 7) is 2.88. The van der Waals surface area contributed by atoms with Crippen LogP contribution in [-0.2, 0) is 4.79 Å². The van der Waals surface area contributed by atoms with E-state index in [1.54, 1.807) is 5.57 Å². The molecule has 0 heterocycles. The minimum absolute atomic E-state index is 0.110. The van der Waals surface area contributed by atoms with Crippen molar-refractivity contribution >= 4 is 17.7 Å². The molecule has 0 aromatic rings. The lowest BCUT2D eigenvalue weighted by molar-refractivity contribution is -0.120. The largest absolute Gasteiger partial charge is 0.355 e. The highest BCUT2D eigenvalue weighted by Gasteiger charge is 2.21. The first-order valence-electron chi connectivity index (χ1n) is 8.37. The van der Waals surface area contributed by atoms with E-state index >= 15 is 0 Å². The molecule has 2 nitrogen and oxygen atoms in total. The van der Waals surface area contributed by atoms with Gasteiger partial charge in [-0.3, -0.25) is 4.79 Å². The Morgan fingerprint density at radius 1 is 1.30 bits per heavy atom. The van der Waals surface area contributed by atoms with E-state index < -0.39 is 0 Å². The van der Waals surface area contributed by atoms with Gasteiger partial charge < -0.3 is 5.32 Å². The number of amides is 1. The number of nitrogens with one attached hydrogen (secondary N) is 1. The highest BCUT2D eigenvalue weighted by atomic mass is 32.2. The number of allylic oxidation sites excluding steroid dienone is 1. The van der Waals surface area contributed by atoms with Crippen LogP contribution >= 0.6 is 11.8 Å². The van der Waals surface area contributed by atoms with Gasteiger partial charge in [0.2, 0.25) is 5.91 Å². The van der Waals surface area contributed by atoms with E-state index in [-0.39, 0.29) is 11.2 Å². The molecule has 0 bridgehead atoms. The third-order valence-corrected chi connectivity index (χ3v) is 5.93. The lowest BCUT2D eigenvalue weighted by Gasteiger charge is -2.24. The molecule has 1 N–H and O–H groups in total. The van der Waals surface area contributed by atoms with Crippen molar-refractivity contribution in [2.45, 2.75) is 81.6 Å². The Morgan fingerprint density at radius 3 is 2.80 bits per heavy atom. The lowest BCUT2D eigenvalue weighted by atomic mass is 9.97. The molecule has 1 fully saturated rings. The Bertz CT molecular complexity index is 334. The van der Waals surface area contributed by atoms with Crippen LogP contribution in [0.4, 0.5) is 0 Å². The Labute approximate surface area is 128 Å². The van der Waals surface area contributed by atoms with E-state index in [1.807, 2.05) is 11.8 Å². The fourth-order valence-electron chi connectivity index (χ4n) is 3.17. The first-order chi connectivity index (χ1) is 9.75. The Kier molecular flexibility index (Phi) is 6.98. The van der Waals surface area contributed by atoms with Gasteiger partial charge in [-0.1, -0.05) is 30.9 Å². The number of carbonyl (C=O) groups is 1. The van der Waals surface area contributed by atoms with Crippen LogP contribution in [0.25, 0.3) is 0 Å². The minimum atomic E-state index is 0.110. The van der Waals surface area contributed by atoms with Crippen LogP contribution in [0.2, 0.25) is 0 Å². The van der Waals surface area contributed by atoms with Crippen molar-refractivity contribution in [1.29, 1.82) is 0 Å². The second kappa shape index (κ2) is 8.76. The first-order valence-corrected chi connectivity index (χ1v) is 9.31. The molecular formula is C17H29NOS. The number of thioether (sulfide) groups is 1. The van der Waals surface area contributed by atoms with Gasteiger partial charge in [0.05, 0.1) is 5.25 Å². The number of hydrogen-bond acceptors (Lipinski definition) is 2. The van der Waals surface area contributed by atoms with Crippen molar-refractivity contribution in [3.8, 4) is 0 Å². The maximum absolute atomic E-state index is 12.1. The summed E-state index contributed by atoms with van der Waals surface area (Å²) in [5.41, 5.74) is 1.55. The van der Waals surface area contributed by atoms with Crippen LogP contribution in [0.3, 0.4) is 0 Å². The van der Waals surface area contributed by atoms with Crippen LogP contribution < -0.4 is 5.32 Å². The Morgan fingerprint density at radius 2 is 2.10 bits per heavy atom. The van der Waals surface area contributed by atoms with Crippen LogP contribution in [-0.4, -0.2) is 23.0 Å². The molecular weight excluding hydrogens is 266 g/mol. The molecule has 2 rings (SSSR count). The molecule has 1 unspecified atom stereocenters. The molecule has 0 radical (unpaired) electrons. The molecule has 0 aromatic carbocycles. The van der Waals surface area contributed by atoms with Gasteiger partial charge in [-0.2, -0.15) is 0 Å². The zero-order chi connectivity index (χ0) is 14.2. The summed E-state index contributed by atoms with van der Waals surface area (Å²) in [6, 6.07) is 0. The van der Waals surface area contributed by atoms with Gasteiger partial charge in [0, 0.05) is 11.8 Å². The smallest absolute Gasteiger partial charge is 0.232 e. The number of carbonyl (C=O) groups excluding carboxylic acids is 1. The lowest BCUT2D eigenvalue weighted by Crippen LogP contribution is -2.33. The van der Waals surface area contributed by atoms with Gasteiger partial charge in [-0.15, -0.1) is 11.8 Å². The molecule has 0 spiro atoms. The molecule has 0 saturated heterocycles. The van der Waals surface area contributed by atoms with Crippen LogP contribution in [0.15, 0.2) is 11.6 Å². The summed E-state index contributed by atoms with van der Waals surface area (Å²) in [4.78, 5) is 12.1. The fraction of sp³-hybridized carbons (Fsp3) is 0.824. The van der Waals surface area contributed by atoms with Crippen LogP contribution in [0.5, 0.6) is 0 Å². The second-order valence-corrected chi connectivity index (χ2v) is 7.83. The molecule has 114 valence electrons. The Balaban J connectivity index is 1.61. The highest BCUT2D eigenvalue weighted by Crippen LogP contribution is 2.31. The zero-order valence-electron chi connectivity index (χ0n) is 12.8. The van der Waals surface area contributed by atoms with Crippen molar-refractivity contribution < 1.29 is 4.79 Å². The fourth-order valence-corrected chi connectivity index (χ4v) is 4.56. The van der Waals surface area contributed by atoms with Gasteiger partial charge in [0.1, 0.15) is 0 Å². The van der Waals surface area contributed by atoms with Crippen molar-refractivity contribution in [1.82, 2.24) is 5.32 Å². The average molecular weight is 295 g/mol. The highest BCUT2D eigenvalue weighted by molar-refractivity contribution is 8.01. The topological polar surface area (TPSA) is 29.1 Å². The van der Waals surface area contributed by atoms with E-state index in [1.165, 1.54) is 57.8 Å². The van der Waals surface area contributed by atoms with Gasteiger partial charge in [-0.25, -0.2) is 0 Å². The molecule has 1 atom stereocenters. The molecule has 20 heavy (non-hydrogen) atoms. The van der Waals surface area contributed by atoms with E-state index in [0.717, 1.165) is 13.0 Å². The normalized spacial score (nSPS) is 22.1. The van der Waals surface area contributed by atoms with E-state index in [0.29, 0.717) is 5.25 Å². The van der Waals surface area contributed by atoms with Crippen LogP contribution in [0.1, 0.15) is 71.1 Å². The van der Waals surface area contributed by atoms with Gasteiger partial charge in [0.15, 0.2) is 0 Å². The molecule has 2 aliphatic rings. The SMILES string of the molecule is CC(SC1CCCCC1)C(=O)NCCC1=CCCCC1. The molecule has 1 saturated carbocycles. The van der Waals surface area contributed by atoms with E-state index in [4.69, 9.17) is 0 Å². The molecule has 2 aliphatic carbocycles. The summed E-state index contributed by atoms with van der Waals surface area (Å²) in [7, 11) is 0. The van der Waals surface area contributed by atoms with Gasteiger partial charge in [0.25, 0.3) is 0 Å².